The number of nitrogens with one attached hydrogen (secondary N) is 1. The number of hydrogen-bond acceptors (Lipinski definition) is 6. The molecule has 1 aliphatic rings. The molecule has 0 spiro atoms. The van der Waals surface area contributed by atoms with Crippen LogP contribution in [0.3, 0.4) is 0 Å². The highest BCUT2D eigenvalue weighted by atomic mass is 16.5. The summed E-state index contributed by atoms with van der Waals surface area (Å²) >= 11 is 0. The predicted octanol–water partition coefficient (Wildman–Crippen LogP) is 2.59. The van der Waals surface area contributed by atoms with Gasteiger partial charge >= 0.3 is 0 Å². The molecule has 0 aliphatic carbocycles. The van der Waals surface area contributed by atoms with E-state index in [-0.39, 0.29) is 5.82 Å². The van der Waals surface area contributed by atoms with Gasteiger partial charge in [0.25, 0.3) is 0 Å². The zero-order valence-corrected chi connectivity index (χ0v) is 15.6. The predicted molar refractivity (Wildman–Crippen MR) is 102 cm³/mol. The summed E-state index contributed by atoms with van der Waals surface area (Å²) in [4.78, 5) is 13.2. The molecule has 1 saturated heterocycles. The van der Waals surface area contributed by atoms with Crippen LogP contribution in [-0.2, 0) is 7.05 Å². The highest BCUT2D eigenvalue weighted by Crippen LogP contribution is 2.29. The molecule has 0 saturated carbocycles. The Balaban J connectivity index is 1.62. The average molecular weight is 362 g/mol. The van der Waals surface area contributed by atoms with Gasteiger partial charge in [-0.05, 0) is 50.9 Å². The van der Waals surface area contributed by atoms with Crippen molar-refractivity contribution in [1.29, 1.82) is 5.26 Å². The number of rotatable bonds is 4. The van der Waals surface area contributed by atoms with Crippen molar-refractivity contribution < 1.29 is 4.74 Å². The van der Waals surface area contributed by atoms with Gasteiger partial charge in [0.05, 0.1) is 12.3 Å². The SMILES string of the molecule is Cc1cc(-c2nc(C#N)nc3c2ccn3C)cnc1OCC1CCNCC1. The normalized spacial score (nSPS) is 15.0. The van der Waals surface area contributed by atoms with Gasteiger partial charge in [0.2, 0.25) is 11.7 Å². The van der Waals surface area contributed by atoms with E-state index in [9.17, 15) is 5.26 Å². The van der Waals surface area contributed by atoms with E-state index in [0.29, 0.717) is 18.4 Å². The topological polar surface area (TPSA) is 88.7 Å². The standard InChI is InChI=1S/C20H22N6O/c1-13-9-15(11-23-20(13)27-12-14-3-6-22-7-4-14)18-16-5-8-26(2)19(16)25-17(10-21)24-18/h5,8-9,11,14,22H,3-4,6-7,12H2,1-2H3. The number of nitriles is 1. The van der Waals surface area contributed by atoms with Crippen molar-refractivity contribution in [2.24, 2.45) is 13.0 Å². The maximum absolute atomic E-state index is 9.26. The van der Waals surface area contributed by atoms with E-state index >= 15 is 0 Å². The lowest BCUT2D eigenvalue weighted by atomic mass is 9.99. The van der Waals surface area contributed by atoms with Crippen LogP contribution < -0.4 is 10.1 Å². The van der Waals surface area contributed by atoms with Crippen molar-refractivity contribution in [3.05, 3.63) is 35.9 Å². The minimum Gasteiger partial charge on any atom is -0.477 e. The van der Waals surface area contributed by atoms with Gasteiger partial charge in [-0.2, -0.15) is 5.26 Å². The van der Waals surface area contributed by atoms with Crippen molar-refractivity contribution in [1.82, 2.24) is 24.8 Å². The van der Waals surface area contributed by atoms with E-state index in [1.54, 1.807) is 6.20 Å². The molecule has 0 radical (unpaired) electrons. The van der Waals surface area contributed by atoms with E-state index in [2.05, 4.69) is 20.3 Å². The monoisotopic (exact) mass is 362 g/mol. The summed E-state index contributed by atoms with van der Waals surface area (Å²) in [5, 5.41) is 13.5. The van der Waals surface area contributed by atoms with E-state index in [0.717, 1.165) is 53.8 Å². The van der Waals surface area contributed by atoms with Crippen LogP contribution >= 0.6 is 0 Å². The Morgan fingerprint density at radius 2 is 2.15 bits per heavy atom. The van der Waals surface area contributed by atoms with E-state index in [4.69, 9.17) is 4.74 Å². The second-order valence-electron chi connectivity index (χ2n) is 7.02. The number of fused-ring (bicyclic) bond motifs is 1. The van der Waals surface area contributed by atoms with Gasteiger partial charge in [0.1, 0.15) is 11.7 Å². The van der Waals surface area contributed by atoms with Crippen LogP contribution in [0, 0.1) is 24.2 Å². The molecule has 1 N–H and O–H groups in total. The number of pyridine rings is 1. The van der Waals surface area contributed by atoms with Crippen molar-refractivity contribution in [2.75, 3.05) is 19.7 Å². The molecule has 0 amide bonds. The van der Waals surface area contributed by atoms with Crippen LogP contribution in [-0.4, -0.2) is 39.2 Å². The maximum Gasteiger partial charge on any atom is 0.234 e. The fourth-order valence-corrected chi connectivity index (χ4v) is 3.49. The molecule has 0 aromatic carbocycles. The molecule has 1 fully saturated rings. The third kappa shape index (κ3) is 3.49. The summed E-state index contributed by atoms with van der Waals surface area (Å²) in [5.41, 5.74) is 3.28. The lowest BCUT2D eigenvalue weighted by Gasteiger charge is -2.22. The van der Waals surface area contributed by atoms with Crippen LogP contribution in [0.4, 0.5) is 0 Å². The summed E-state index contributed by atoms with van der Waals surface area (Å²) in [6.07, 6.45) is 5.96. The van der Waals surface area contributed by atoms with Crippen molar-refractivity contribution in [3.63, 3.8) is 0 Å². The first kappa shape index (κ1) is 17.4. The molecule has 4 rings (SSSR count). The van der Waals surface area contributed by atoms with Gasteiger partial charge < -0.3 is 14.6 Å². The molecule has 0 unspecified atom stereocenters. The molecule has 3 aromatic heterocycles. The maximum atomic E-state index is 9.26. The number of hydrogen-bond donors (Lipinski definition) is 1. The fourth-order valence-electron chi connectivity index (χ4n) is 3.49. The zero-order valence-electron chi connectivity index (χ0n) is 15.6. The second kappa shape index (κ2) is 7.33. The number of aryl methyl sites for hydroxylation is 2. The van der Waals surface area contributed by atoms with Gasteiger partial charge in [-0.3, -0.25) is 0 Å². The molecule has 0 bridgehead atoms. The van der Waals surface area contributed by atoms with Crippen LogP contribution in [0.15, 0.2) is 24.5 Å². The van der Waals surface area contributed by atoms with E-state index in [1.807, 2.05) is 42.9 Å². The molecule has 27 heavy (non-hydrogen) atoms. The Morgan fingerprint density at radius 3 is 2.89 bits per heavy atom. The van der Waals surface area contributed by atoms with Crippen molar-refractivity contribution in [3.8, 4) is 23.2 Å². The Bertz CT molecular complexity index is 1010. The molecule has 1 aliphatic heterocycles. The Morgan fingerprint density at radius 1 is 1.33 bits per heavy atom. The summed E-state index contributed by atoms with van der Waals surface area (Å²) < 4.78 is 7.86. The highest BCUT2D eigenvalue weighted by Gasteiger charge is 2.16. The van der Waals surface area contributed by atoms with Crippen LogP contribution in [0.2, 0.25) is 0 Å². The second-order valence-corrected chi connectivity index (χ2v) is 7.02. The first-order valence-electron chi connectivity index (χ1n) is 9.19. The molecule has 4 heterocycles. The summed E-state index contributed by atoms with van der Waals surface area (Å²) in [6, 6.07) is 6.02. The quantitative estimate of drug-likeness (QED) is 0.767. The third-order valence-electron chi connectivity index (χ3n) is 5.04. The molecule has 7 heteroatoms. The van der Waals surface area contributed by atoms with Crippen LogP contribution in [0.1, 0.15) is 24.2 Å². The minimum absolute atomic E-state index is 0.156. The van der Waals surface area contributed by atoms with Crippen molar-refractivity contribution in [2.45, 2.75) is 19.8 Å². The molecule has 7 nitrogen and oxygen atoms in total. The largest absolute Gasteiger partial charge is 0.477 e. The van der Waals surface area contributed by atoms with Crippen molar-refractivity contribution >= 4 is 11.0 Å². The van der Waals surface area contributed by atoms with Crippen LogP contribution in [0.25, 0.3) is 22.3 Å². The lowest BCUT2D eigenvalue weighted by molar-refractivity contribution is 0.208. The van der Waals surface area contributed by atoms with E-state index < -0.39 is 0 Å². The van der Waals surface area contributed by atoms with E-state index in [1.165, 1.54) is 0 Å². The average Bonchev–Trinajstić information content (AvgIpc) is 3.08. The first-order valence-corrected chi connectivity index (χ1v) is 9.19. The van der Waals surface area contributed by atoms with Gasteiger partial charge in [-0.1, -0.05) is 0 Å². The fraction of sp³-hybridized carbons (Fsp3) is 0.400. The number of aromatic nitrogens is 4. The molecule has 0 atom stereocenters. The van der Waals surface area contributed by atoms with Gasteiger partial charge in [0, 0.05) is 36.0 Å². The van der Waals surface area contributed by atoms with Crippen LogP contribution in [0.5, 0.6) is 5.88 Å². The summed E-state index contributed by atoms with van der Waals surface area (Å²) in [5.74, 6) is 1.40. The highest BCUT2D eigenvalue weighted by molar-refractivity contribution is 5.91. The van der Waals surface area contributed by atoms with Gasteiger partial charge in [-0.15, -0.1) is 0 Å². The zero-order chi connectivity index (χ0) is 18.8. The number of nitrogens with zero attached hydrogens (tertiary/aromatic N) is 5. The summed E-state index contributed by atoms with van der Waals surface area (Å²) in [7, 11) is 1.90. The Kier molecular flexibility index (Phi) is 4.73. The molecular weight excluding hydrogens is 340 g/mol. The third-order valence-corrected chi connectivity index (χ3v) is 5.04. The summed E-state index contributed by atoms with van der Waals surface area (Å²) in [6.45, 7) is 4.80. The number of piperidine rings is 1. The molecule has 138 valence electrons. The Hall–Kier alpha value is -2.98. The van der Waals surface area contributed by atoms with Gasteiger partial charge in [0.15, 0.2) is 0 Å². The number of ether oxygens (including phenoxy) is 1. The Labute approximate surface area is 158 Å². The molecular formula is C20H22N6O. The lowest BCUT2D eigenvalue weighted by Crippen LogP contribution is -2.30. The minimum atomic E-state index is 0.156. The first-order chi connectivity index (χ1) is 13.2. The van der Waals surface area contributed by atoms with Gasteiger partial charge in [-0.25, -0.2) is 15.0 Å². The molecule has 3 aromatic rings. The smallest absolute Gasteiger partial charge is 0.234 e.